The van der Waals surface area contributed by atoms with E-state index in [0.717, 1.165) is 19.1 Å². The van der Waals surface area contributed by atoms with E-state index in [9.17, 15) is 22.8 Å². The lowest BCUT2D eigenvalue weighted by Gasteiger charge is -2.21. The summed E-state index contributed by atoms with van der Waals surface area (Å²) in [4.78, 5) is 24.3. The molecule has 0 saturated carbocycles. The first kappa shape index (κ1) is 18.0. The fraction of sp³-hybridized carbons (Fsp3) is 0.467. The van der Waals surface area contributed by atoms with Crippen LogP contribution in [0.3, 0.4) is 0 Å². The van der Waals surface area contributed by atoms with E-state index in [2.05, 4.69) is 9.47 Å². The van der Waals surface area contributed by atoms with Gasteiger partial charge in [0.25, 0.3) is 0 Å². The molecule has 1 aliphatic rings. The predicted molar refractivity (Wildman–Crippen MR) is 72.6 cm³/mol. The predicted octanol–water partition coefficient (Wildman–Crippen LogP) is 3.60. The highest BCUT2D eigenvalue weighted by molar-refractivity contribution is 6.23. The van der Waals surface area contributed by atoms with Crippen molar-refractivity contribution in [3.63, 3.8) is 0 Å². The maximum atomic E-state index is 12.4. The molecule has 0 aromatic rings. The highest BCUT2D eigenvalue weighted by Gasteiger charge is 2.41. The van der Waals surface area contributed by atoms with Gasteiger partial charge in [-0.1, -0.05) is 18.6 Å². The van der Waals surface area contributed by atoms with Gasteiger partial charge in [0, 0.05) is 11.1 Å². The highest BCUT2D eigenvalue weighted by atomic mass is 19.4. The quantitative estimate of drug-likeness (QED) is 0.574. The van der Waals surface area contributed by atoms with Crippen LogP contribution < -0.4 is 0 Å². The normalized spacial score (nSPS) is 17.3. The fourth-order valence-electron chi connectivity index (χ4n) is 1.88. The third kappa shape index (κ3) is 3.99. The van der Waals surface area contributed by atoms with Gasteiger partial charge in [-0.2, -0.15) is 0 Å². The van der Waals surface area contributed by atoms with Crippen molar-refractivity contribution in [3.05, 3.63) is 34.3 Å². The summed E-state index contributed by atoms with van der Waals surface area (Å²) in [6, 6.07) is 0. The molecule has 0 aliphatic heterocycles. The first-order valence-corrected chi connectivity index (χ1v) is 6.61. The molecule has 4 nitrogen and oxygen atoms in total. The third-order valence-corrected chi connectivity index (χ3v) is 3.32. The van der Waals surface area contributed by atoms with E-state index in [4.69, 9.17) is 0 Å². The lowest BCUT2D eigenvalue weighted by atomic mass is 9.90. The van der Waals surface area contributed by atoms with Crippen molar-refractivity contribution in [2.24, 2.45) is 0 Å². The van der Waals surface area contributed by atoms with Gasteiger partial charge in [0.05, 0.1) is 7.11 Å². The minimum absolute atomic E-state index is 0.0646. The SMILES string of the molecule is CC/C(C)=C/CC1=C(C)C(=O)C(OC(F)(F)F)=C(OC)C1=O. The molecular formula is C15H17F3O4. The second kappa shape index (κ2) is 6.81. The molecule has 0 N–H and O–H groups in total. The number of hydrogen-bond acceptors (Lipinski definition) is 4. The topological polar surface area (TPSA) is 52.6 Å². The van der Waals surface area contributed by atoms with Gasteiger partial charge in [0.1, 0.15) is 0 Å². The van der Waals surface area contributed by atoms with E-state index < -0.39 is 29.4 Å². The molecule has 1 rings (SSSR count). The van der Waals surface area contributed by atoms with Crippen LogP contribution in [0.15, 0.2) is 34.3 Å². The molecule has 0 bridgehead atoms. The van der Waals surface area contributed by atoms with Crippen molar-refractivity contribution in [2.75, 3.05) is 7.11 Å². The van der Waals surface area contributed by atoms with Gasteiger partial charge in [-0.3, -0.25) is 9.59 Å². The van der Waals surface area contributed by atoms with Gasteiger partial charge in [-0.25, -0.2) is 0 Å². The van der Waals surface area contributed by atoms with Crippen LogP contribution in [0, 0.1) is 0 Å². The van der Waals surface area contributed by atoms with Crippen LogP contribution in [0.1, 0.15) is 33.6 Å². The Bertz CT molecular complexity index is 580. The number of halogens is 3. The Kier molecular flexibility index (Phi) is 5.57. The summed E-state index contributed by atoms with van der Waals surface area (Å²) in [6.07, 6.45) is -2.40. The Morgan fingerprint density at radius 2 is 1.77 bits per heavy atom. The second-order valence-corrected chi connectivity index (χ2v) is 4.78. The number of ketones is 2. The molecular weight excluding hydrogens is 301 g/mol. The molecule has 0 radical (unpaired) electrons. The van der Waals surface area contributed by atoms with Gasteiger partial charge >= 0.3 is 6.36 Å². The van der Waals surface area contributed by atoms with Gasteiger partial charge in [0.15, 0.2) is 0 Å². The van der Waals surface area contributed by atoms with E-state index in [1.54, 1.807) is 6.08 Å². The van der Waals surface area contributed by atoms with Crippen molar-refractivity contribution in [1.29, 1.82) is 0 Å². The molecule has 0 aromatic heterocycles. The number of methoxy groups -OCH3 is 1. The number of ether oxygens (including phenoxy) is 2. The highest BCUT2D eigenvalue weighted by Crippen LogP contribution is 2.32. The number of alkyl halides is 3. The number of allylic oxidation sites excluding steroid dienone is 4. The minimum atomic E-state index is -5.08. The van der Waals surface area contributed by atoms with Crippen molar-refractivity contribution >= 4 is 11.6 Å². The zero-order valence-electron chi connectivity index (χ0n) is 12.8. The molecule has 0 atom stereocenters. The van der Waals surface area contributed by atoms with E-state index in [1.165, 1.54) is 6.92 Å². The summed E-state index contributed by atoms with van der Waals surface area (Å²) >= 11 is 0. The Hall–Kier alpha value is -2.05. The Labute approximate surface area is 126 Å². The standard InChI is InChI=1S/C15H17F3O4/c1-5-8(2)6-7-10-9(3)11(19)14(22-15(16,17)18)13(21-4)12(10)20/h6H,5,7H2,1-4H3/b8-6+. The number of carbonyl (C=O) groups excluding carboxylic acids is 2. The third-order valence-electron chi connectivity index (χ3n) is 3.32. The van der Waals surface area contributed by atoms with E-state index >= 15 is 0 Å². The van der Waals surface area contributed by atoms with Crippen LogP contribution in [0.5, 0.6) is 0 Å². The van der Waals surface area contributed by atoms with E-state index in [-0.39, 0.29) is 17.6 Å². The molecule has 7 heteroatoms. The van der Waals surface area contributed by atoms with E-state index in [0.29, 0.717) is 0 Å². The summed E-state index contributed by atoms with van der Waals surface area (Å²) in [6.45, 7) is 5.09. The second-order valence-electron chi connectivity index (χ2n) is 4.78. The van der Waals surface area contributed by atoms with Gasteiger partial charge in [-0.15, -0.1) is 13.2 Å². The summed E-state index contributed by atoms with van der Waals surface area (Å²) in [7, 11) is 1.02. The monoisotopic (exact) mass is 318 g/mol. The molecule has 0 spiro atoms. The van der Waals surface area contributed by atoms with Crippen molar-refractivity contribution in [3.8, 4) is 0 Å². The number of hydrogen-bond donors (Lipinski definition) is 0. The summed E-state index contributed by atoms with van der Waals surface area (Å²) in [5.41, 5.74) is 1.05. The largest absolute Gasteiger partial charge is 0.573 e. The number of Topliss-reactive ketones (excluding diaryl/α,β-unsaturated/α-hetero) is 2. The molecule has 0 amide bonds. The smallest absolute Gasteiger partial charge is 0.489 e. The molecule has 0 heterocycles. The van der Waals surface area contributed by atoms with Crippen LogP contribution in [0.25, 0.3) is 0 Å². The fourth-order valence-corrected chi connectivity index (χ4v) is 1.88. The van der Waals surface area contributed by atoms with Crippen LogP contribution in [-0.4, -0.2) is 25.0 Å². The molecule has 1 aliphatic carbocycles. The Morgan fingerprint density at radius 3 is 2.23 bits per heavy atom. The van der Waals surface area contributed by atoms with Crippen molar-refractivity contribution in [2.45, 2.75) is 40.0 Å². The van der Waals surface area contributed by atoms with Crippen molar-refractivity contribution < 1.29 is 32.2 Å². The maximum Gasteiger partial charge on any atom is 0.573 e. The maximum absolute atomic E-state index is 12.4. The molecule has 0 aromatic carbocycles. The first-order chi connectivity index (χ1) is 10.1. The lowest BCUT2D eigenvalue weighted by Crippen LogP contribution is -2.28. The molecule has 122 valence electrons. The molecule has 0 unspecified atom stereocenters. The van der Waals surface area contributed by atoms with E-state index in [1.807, 2.05) is 13.8 Å². The summed E-state index contributed by atoms with van der Waals surface area (Å²) < 4.78 is 45.5. The average molecular weight is 318 g/mol. The first-order valence-electron chi connectivity index (χ1n) is 6.61. The molecule has 0 fully saturated rings. The number of carbonyl (C=O) groups is 2. The van der Waals surface area contributed by atoms with Crippen LogP contribution in [0.2, 0.25) is 0 Å². The van der Waals surface area contributed by atoms with Gasteiger partial charge in [0.2, 0.25) is 23.1 Å². The van der Waals surface area contributed by atoms with Crippen LogP contribution in [-0.2, 0) is 19.1 Å². The Balaban J connectivity index is 3.23. The van der Waals surface area contributed by atoms with Crippen molar-refractivity contribution in [1.82, 2.24) is 0 Å². The summed E-state index contributed by atoms with van der Waals surface area (Å²) in [5, 5.41) is 0. The molecule has 0 saturated heterocycles. The van der Waals surface area contributed by atoms with Gasteiger partial charge in [-0.05, 0) is 26.7 Å². The lowest BCUT2D eigenvalue weighted by molar-refractivity contribution is -0.305. The zero-order valence-corrected chi connectivity index (χ0v) is 12.8. The minimum Gasteiger partial charge on any atom is -0.489 e. The molecule has 22 heavy (non-hydrogen) atoms. The van der Waals surface area contributed by atoms with Crippen LogP contribution in [0.4, 0.5) is 13.2 Å². The summed E-state index contributed by atoms with van der Waals surface area (Å²) in [5.74, 6) is -3.59. The van der Waals surface area contributed by atoms with Crippen LogP contribution >= 0.6 is 0 Å². The average Bonchev–Trinajstić information content (AvgIpc) is 2.43. The number of rotatable bonds is 5. The van der Waals surface area contributed by atoms with Gasteiger partial charge < -0.3 is 9.47 Å². The zero-order chi connectivity index (χ0) is 17.1. The Morgan fingerprint density at radius 1 is 1.18 bits per heavy atom.